The van der Waals surface area contributed by atoms with Gasteiger partial charge >= 0.3 is 5.97 Å². The molecule has 0 fully saturated rings. The SMILES string of the molecule is CSCC(=O)Oc1cccc2ccccc12. The Kier molecular flexibility index (Phi) is 3.47. The predicted octanol–water partition coefficient (Wildman–Crippen LogP) is 3.11. The minimum Gasteiger partial charge on any atom is -0.425 e. The molecule has 0 spiro atoms. The molecule has 0 aliphatic carbocycles. The van der Waals surface area contributed by atoms with E-state index in [0.29, 0.717) is 11.5 Å². The number of benzene rings is 2. The van der Waals surface area contributed by atoms with Crippen molar-refractivity contribution in [3.63, 3.8) is 0 Å². The third-order valence-corrected chi connectivity index (χ3v) is 2.76. The number of esters is 1. The molecule has 3 heteroatoms. The molecule has 0 atom stereocenters. The van der Waals surface area contributed by atoms with Crippen LogP contribution < -0.4 is 4.74 Å². The van der Waals surface area contributed by atoms with Gasteiger partial charge < -0.3 is 4.74 Å². The molecule has 0 amide bonds. The molecule has 0 heterocycles. The second kappa shape index (κ2) is 5.03. The highest BCUT2D eigenvalue weighted by molar-refractivity contribution is 7.99. The van der Waals surface area contributed by atoms with Crippen molar-refractivity contribution in [3.8, 4) is 5.75 Å². The maximum atomic E-state index is 11.4. The van der Waals surface area contributed by atoms with Gasteiger partial charge in [-0.25, -0.2) is 0 Å². The first-order valence-electron chi connectivity index (χ1n) is 4.98. The molecule has 2 nitrogen and oxygen atoms in total. The zero-order valence-electron chi connectivity index (χ0n) is 8.97. The van der Waals surface area contributed by atoms with E-state index in [1.54, 1.807) is 0 Å². The van der Waals surface area contributed by atoms with E-state index in [9.17, 15) is 4.79 Å². The summed E-state index contributed by atoms with van der Waals surface area (Å²) in [5.74, 6) is 0.810. The van der Waals surface area contributed by atoms with Crippen LogP contribution in [0.25, 0.3) is 10.8 Å². The predicted molar refractivity (Wildman–Crippen MR) is 68.0 cm³/mol. The van der Waals surface area contributed by atoms with Gasteiger partial charge in [0.2, 0.25) is 0 Å². The highest BCUT2D eigenvalue weighted by Crippen LogP contribution is 2.25. The van der Waals surface area contributed by atoms with E-state index >= 15 is 0 Å². The van der Waals surface area contributed by atoms with Gasteiger partial charge in [-0.05, 0) is 17.7 Å². The molecule has 0 saturated carbocycles. The van der Waals surface area contributed by atoms with E-state index in [0.717, 1.165) is 10.8 Å². The van der Waals surface area contributed by atoms with Crippen LogP contribution in [-0.2, 0) is 4.79 Å². The number of ether oxygens (including phenoxy) is 1. The maximum Gasteiger partial charge on any atom is 0.321 e. The molecule has 2 aromatic carbocycles. The monoisotopic (exact) mass is 232 g/mol. The molecule has 0 saturated heterocycles. The summed E-state index contributed by atoms with van der Waals surface area (Å²) < 4.78 is 5.31. The van der Waals surface area contributed by atoms with Crippen LogP contribution in [0.3, 0.4) is 0 Å². The molecular formula is C13H12O2S. The number of hydrogen-bond acceptors (Lipinski definition) is 3. The maximum absolute atomic E-state index is 11.4. The van der Waals surface area contributed by atoms with Crippen LogP contribution in [0.15, 0.2) is 42.5 Å². The number of thioether (sulfide) groups is 1. The molecular weight excluding hydrogens is 220 g/mol. The lowest BCUT2D eigenvalue weighted by atomic mass is 10.1. The van der Waals surface area contributed by atoms with E-state index in [1.165, 1.54) is 11.8 Å². The van der Waals surface area contributed by atoms with Crippen molar-refractivity contribution in [2.45, 2.75) is 0 Å². The normalized spacial score (nSPS) is 10.3. The fourth-order valence-corrected chi connectivity index (χ4v) is 1.85. The minimum atomic E-state index is -0.205. The molecule has 0 N–H and O–H groups in total. The van der Waals surface area contributed by atoms with Crippen molar-refractivity contribution in [1.82, 2.24) is 0 Å². The first-order valence-corrected chi connectivity index (χ1v) is 6.38. The molecule has 16 heavy (non-hydrogen) atoms. The smallest absolute Gasteiger partial charge is 0.321 e. The lowest BCUT2D eigenvalue weighted by Gasteiger charge is -2.06. The third-order valence-electron chi connectivity index (χ3n) is 2.24. The Morgan fingerprint density at radius 2 is 1.94 bits per heavy atom. The van der Waals surface area contributed by atoms with E-state index < -0.39 is 0 Å². The van der Waals surface area contributed by atoms with E-state index in [-0.39, 0.29) is 5.97 Å². The first kappa shape index (κ1) is 11.0. The zero-order valence-corrected chi connectivity index (χ0v) is 9.79. The fourth-order valence-electron chi connectivity index (χ4n) is 1.55. The minimum absolute atomic E-state index is 0.205. The molecule has 82 valence electrons. The van der Waals surface area contributed by atoms with Gasteiger partial charge in [0.25, 0.3) is 0 Å². The van der Waals surface area contributed by atoms with Crippen molar-refractivity contribution in [1.29, 1.82) is 0 Å². The van der Waals surface area contributed by atoms with Crippen molar-refractivity contribution >= 4 is 28.5 Å². The largest absolute Gasteiger partial charge is 0.425 e. The van der Waals surface area contributed by atoms with Gasteiger partial charge in [0.15, 0.2) is 0 Å². The van der Waals surface area contributed by atoms with Gasteiger partial charge in [-0.1, -0.05) is 36.4 Å². The second-order valence-electron chi connectivity index (χ2n) is 3.38. The lowest BCUT2D eigenvalue weighted by molar-refractivity contribution is -0.131. The third kappa shape index (κ3) is 2.36. The summed E-state index contributed by atoms with van der Waals surface area (Å²) in [7, 11) is 0. The second-order valence-corrected chi connectivity index (χ2v) is 4.25. The Balaban J connectivity index is 2.33. The van der Waals surface area contributed by atoms with Crippen molar-refractivity contribution in [3.05, 3.63) is 42.5 Å². The van der Waals surface area contributed by atoms with Crippen LogP contribution in [0.2, 0.25) is 0 Å². The summed E-state index contributed by atoms with van der Waals surface area (Å²) in [6.07, 6.45) is 1.88. The van der Waals surface area contributed by atoms with Crippen molar-refractivity contribution < 1.29 is 9.53 Å². The Morgan fingerprint density at radius 3 is 2.75 bits per heavy atom. The highest BCUT2D eigenvalue weighted by atomic mass is 32.2. The summed E-state index contributed by atoms with van der Waals surface area (Å²) in [5.41, 5.74) is 0. The number of hydrogen-bond donors (Lipinski definition) is 0. The molecule has 0 unspecified atom stereocenters. The van der Waals surface area contributed by atoms with Crippen LogP contribution >= 0.6 is 11.8 Å². The Morgan fingerprint density at radius 1 is 1.19 bits per heavy atom. The van der Waals surface area contributed by atoms with Gasteiger partial charge in [0.1, 0.15) is 5.75 Å². The summed E-state index contributed by atoms with van der Waals surface area (Å²) >= 11 is 1.46. The Bertz CT molecular complexity index is 503. The summed E-state index contributed by atoms with van der Waals surface area (Å²) in [4.78, 5) is 11.4. The fraction of sp³-hybridized carbons (Fsp3) is 0.154. The average Bonchev–Trinajstić information content (AvgIpc) is 2.30. The number of rotatable bonds is 3. The van der Waals surface area contributed by atoms with E-state index in [2.05, 4.69) is 0 Å². The van der Waals surface area contributed by atoms with Crippen molar-refractivity contribution in [2.24, 2.45) is 0 Å². The Hall–Kier alpha value is -1.48. The molecule has 0 bridgehead atoms. The van der Waals surface area contributed by atoms with Gasteiger partial charge in [-0.2, -0.15) is 11.8 Å². The van der Waals surface area contributed by atoms with Gasteiger partial charge in [-0.3, -0.25) is 4.79 Å². The number of fused-ring (bicyclic) bond motifs is 1. The molecule has 0 radical (unpaired) electrons. The molecule has 0 aromatic heterocycles. The Labute approximate surface area is 98.6 Å². The standard InChI is InChI=1S/C13H12O2S/c1-16-9-13(14)15-12-8-4-6-10-5-2-3-7-11(10)12/h2-8H,9H2,1H3. The average molecular weight is 232 g/mol. The van der Waals surface area contributed by atoms with Gasteiger partial charge in [0.05, 0.1) is 5.75 Å². The van der Waals surface area contributed by atoms with Crippen LogP contribution in [0.5, 0.6) is 5.75 Å². The van der Waals surface area contributed by atoms with E-state index in [4.69, 9.17) is 4.74 Å². The molecule has 0 aliphatic heterocycles. The van der Waals surface area contributed by atoms with Gasteiger partial charge in [-0.15, -0.1) is 0 Å². The summed E-state index contributed by atoms with van der Waals surface area (Å²) in [6, 6.07) is 13.6. The molecule has 2 aromatic rings. The van der Waals surface area contributed by atoms with Crippen LogP contribution in [-0.4, -0.2) is 18.0 Å². The first-order chi connectivity index (χ1) is 7.81. The van der Waals surface area contributed by atoms with Crippen LogP contribution in [0.4, 0.5) is 0 Å². The van der Waals surface area contributed by atoms with Gasteiger partial charge in [0, 0.05) is 5.39 Å². The molecule has 0 aliphatic rings. The number of carbonyl (C=O) groups excluding carboxylic acids is 1. The summed E-state index contributed by atoms with van der Waals surface area (Å²) in [5, 5.41) is 2.05. The number of carbonyl (C=O) groups is 1. The topological polar surface area (TPSA) is 26.3 Å². The quantitative estimate of drug-likeness (QED) is 0.601. The van der Waals surface area contributed by atoms with E-state index in [1.807, 2.05) is 48.7 Å². The van der Waals surface area contributed by atoms with Crippen LogP contribution in [0, 0.1) is 0 Å². The zero-order chi connectivity index (χ0) is 11.4. The summed E-state index contributed by atoms with van der Waals surface area (Å²) in [6.45, 7) is 0. The van der Waals surface area contributed by atoms with Crippen molar-refractivity contribution in [2.75, 3.05) is 12.0 Å². The highest BCUT2D eigenvalue weighted by Gasteiger charge is 2.06. The van der Waals surface area contributed by atoms with Crippen LogP contribution in [0.1, 0.15) is 0 Å². The lowest BCUT2D eigenvalue weighted by Crippen LogP contribution is -2.10. The molecule has 2 rings (SSSR count).